The molecule has 1 aromatic rings. The summed E-state index contributed by atoms with van der Waals surface area (Å²) in [6.07, 6.45) is 1.83. The Kier molecular flexibility index (Phi) is 3.57. The number of anilines is 2. The largest absolute Gasteiger partial charge is 0.384 e. The lowest BCUT2D eigenvalue weighted by Gasteiger charge is -2.39. The third kappa shape index (κ3) is 2.76. The number of nitrogens with zero attached hydrogens (tertiary/aromatic N) is 3. The van der Waals surface area contributed by atoms with Gasteiger partial charge in [0.1, 0.15) is 5.82 Å². The van der Waals surface area contributed by atoms with Crippen molar-refractivity contribution in [2.24, 2.45) is 0 Å². The number of nitro groups is 1. The molecule has 19 heavy (non-hydrogen) atoms. The van der Waals surface area contributed by atoms with Crippen molar-refractivity contribution in [3.05, 3.63) is 22.2 Å². The number of ether oxygens (including phenoxy) is 1. The molecule has 2 heterocycles. The van der Waals surface area contributed by atoms with Gasteiger partial charge in [-0.2, -0.15) is 0 Å². The topological polar surface area (TPSA) is 94.5 Å². The number of rotatable bonds is 3. The minimum Gasteiger partial charge on any atom is -0.384 e. The SMILES string of the molecule is COC1(C)CCCN(c2nc(N)ccc2[N+](=O)[O-])C1. The van der Waals surface area contributed by atoms with E-state index in [1.54, 1.807) is 7.11 Å². The summed E-state index contributed by atoms with van der Waals surface area (Å²) in [5, 5.41) is 11.1. The molecule has 0 aliphatic carbocycles. The molecule has 2 N–H and O–H groups in total. The predicted octanol–water partition coefficient (Wildman–Crippen LogP) is 1.58. The lowest BCUT2D eigenvalue weighted by atomic mass is 9.94. The van der Waals surface area contributed by atoms with Crippen LogP contribution in [0.1, 0.15) is 19.8 Å². The molecule has 1 unspecified atom stereocenters. The van der Waals surface area contributed by atoms with Gasteiger partial charge in [-0.15, -0.1) is 0 Å². The highest BCUT2D eigenvalue weighted by Crippen LogP contribution is 2.32. The van der Waals surface area contributed by atoms with Crippen LogP contribution in [0.25, 0.3) is 0 Å². The molecule has 1 fully saturated rings. The van der Waals surface area contributed by atoms with Crippen molar-refractivity contribution in [3.63, 3.8) is 0 Å². The molecule has 7 nitrogen and oxygen atoms in total. The summed E-state index contributed by atoms with van der Waals surface area (Å²) >= 11 is 0. The number of pyridine rings is 1. The minimum absolute atomic E-state index is 0.0189. The van der Waals surface area contributed by atoms with Crippen molar-refractivity contribution in [2.75, 3.05) is 30.8 Å². The molecule has 1 aliphatic rings. The normalized spacial score (nSPS) is 23.4. The van der Waals surface area contributed by atoms with Gasteiger partial charge in [-0.25, -0.2) is 4.98 Å². The van der Waals surface area contributed by atoms with Crippen LogP contribution in [0.15, 0.2) is 12.1 Å². The van der Waals surface area contributed by atoms with Crippen LogP contribution in [-0.2, 0) is 4.74 Å². The summed E-state index contributed by atoms with van der Waals surface area (Å²) in [5.41, 5.74) is 5.32. The molecule has 1 aliphatic heterocycles. The van der Waals surface area contributed by atoms with Crippen LogP contribution in [0.3, 0.4) is 0 Å². The van der Waals surface area contributed by atoms with Crippen molar-refractivity contribution in [1.29, 1.82) is 0 Å². The molecule has 1 atom stereocenters. The van der Waals surface area contributed by atoms with Crippen molar-refractivity contribution in [2.45, 2.75) is 25.4 Å². The van der Waals surface area contributed by atoms with E-state index in [0.717, 1.165) is 19.4 Å². The van der Waals surface area contributed by atoms with Crippen LogP contribution in [0.2, 0.25) is 0 Å². The van der Waals surface area contributed by atoms with Crippen LogP contribution >= 0.6 is 0 Å². The van der Waals surface area contributed by atoms with Gasteiger partial charge in [0.15, 0.2) is 0 Å². The summed E-state index contributed by atoms with van der Waals surface area (Å²) in [7, 11) is 1.66. The van der Waals surface area contributed by atoms with Crippen molar-refractivity contribution in [1.82, 2.24) is 4.98 Å². The van der Waals surface area contributed by atoms with Crippen LogP contribution in [0.4, 0.5) is 17.3 Å². The second-order valence-electron chi connectivity index (χ2n) is 5.02. The van der Waals surface area contributed by atoms with Crippen molar-refractivity contribution >= 4 is 17.3 Å². The maximum absolute atomic E-state index is 11.1. The summed E-state index contributed by atoms with van der Waals surface area (Å²) in [6, 6.07) is 2.84. The molecule has 0 spiro atoms. The van der Waals surface area contributed by atoms with Gasteiger partial charge in [0.2, 0.25) is 5.82 Å². The number of hydrogen-bond donors (Lipinski definition) is 1. The highest BCUT2D eigenvalue weighted by molar-refractivity contribution is 5.61. The fraction of sp³-hybridized carbons (Fsp3) is 0.583. The molecular formula is C12H18N4O3. The first-order chi connectivity index (χ1) is 8.95. The van der Waals surface area contributed by atoms with E-state index in [2.05, 4.69) is 4.98 Å². The zero-order chi connectivity index (χ0) is 14.0. The first kappa shape index (κ1) is 13.5. The Labute approximate surface area is 111 Å². The number of methoxy groups -OCH3 is 1. The maximum atomic E-state index is 11.1. The molecule has 0 amide bonds. The Balaban J connectivity index is 2.35. The summed E-state index contributed by atoms with van der Waals surface area (Å²) < 4.78 is 5.49. The quantitative estimate of drug-likeness (QED) is 0.659. The highest BCUT2D eigenvalue weighted by Gasteiger charge is 2.34. The molecular weight excluding hydrogens is 248 g/mol. The summed E-state index contributed by atoms with van der Waals surface area (Å²) in [4.78, 5) is 16.6. The molecule has 0 radical (unpaired) electrons. The van der Waals surface area contributed by atoms with E-state index in [9.17, 15) is 10.1 Å². The van der Waals surface area contributed by atoms with Gasteiger partial charge in [-0.05, 0) is 25.8 Å². The smallest absolute Gasteiger partial charge is 0.311 e. The third-order valence-electron chi connectivity index (χ3n) is 3.52. The summed E-state index contributed by atoms with van der Waals surface area (Å²) in [6.45, 7) is 3.29. The van der Waals surface area contributed by atoms with E-state index >= 15 is 0 Å². The molecule has 0 saturated carbocycles. The average molecular weight is 266 g/mol. The van der Waals surface area contributed by atoms with E-state index in [0.29, 0.717) is 12.4 Å². The molecule has 2 rings (SSSR count). The summed E-state index contributed by atoms with van der Waals surface area (Å²) in [5.74, 6) is 0.610. The van der Waals surface area contributed by atoms with Crippen LogP contribution in [0.5, 0.6) is 0 Å². The average Bonchev–Trinajstić information content (AvgIpc) is 2.38. The zero-order valence-corrected chi connectivity index (χ0v) is 11.1. The fourth-order valence-electron chi connectivity index (χ4n) is 2.38. The lowest BCUT2D eigenvalue weighted by Crippen LogP contribution is -2.48. The van der Waals surface area contributed by atoms with Gasteiger partial charge in [0.25, 0.3) is 0 Å². The maximum Gasteiger partial charge on any atom is 0.311 e. The predicted molar refractivity (Wildman–Crippen MR) is 72.2 cm³/mol. The van der Waals surface area contributed by atoms with E-state index in [1.165, 1.54) is 12.1 Å². The van der Waals surface area contributed by atoms with Crippen LogP contribution in [0, 0.1) is 10.1 Å². The van der Waals surface area contributed by atoms with Crippen LogP contribution in [-0.4, -0.2) is 35.7 Å². The Morgan fingerprint density at radius 2 is 2.32 bits per heavy atom. The van der Waals surface area contributed by atoms with Gasteiger partial charge in [-0.1, -0.05) is 0 Å². The molecule has 1 saturated heterocycles. The van der Waals surface area contributed by atoms with Gasteiger partial charge in [0.05, 0.1) is 10.5 Å². The Hall–Kier alpha value is -1.89. The van der Waals surface area contributed by atoms with Gasteiger partial charge < -0.3 is 15.4 Å². The van der Waals surface area contributed by atoms with E-state index in [4.69, 9.17) is 10.5 Å². The first-order valence-corrected chi connectivity index (χ1v) is 6.16. The lowest BCUT2D eigenvalue weighted by molar-refractivity contribution is -0.384. The van der Waals surface area contributed by atoms with E-state index in [-0.39, 0.29) is 17.1 Å². The molecule has 0 aromatic carbocycles. The number of nitrogens with two attached hydrogens (primary N) is 1. The Morgan fingerprint density at radius 3 is 2.95 bits per heavy atom. The second-order valence-corrected chi connectivity index (χ2v) is 5.02. The van der Waals surface area contributed by atoms with Crippen LogP contribution < -0.4 is 10.6 Å². The number of hydrogen-bond acceptors (Lipinski definition) is 6. The molecule has 1 aromatic heterocycles. The molecule has 7 heteroatoms. The zero-order valence-electron chi connectivity index (χ0n) is 11.1. The first-order valence-electron chi connectivity index (χ1n) is 6.16. The van der Waals surface area contributed by atoms with Crippen molar-refractivity contribution in [3.8, 4) is 0 Å². The monoisotopic (exact) mass is 266 g/mol. The number of nitrogen functional groups attached to an aromatic ring is 1. The number of aromatic nitrogens is 1. The highest BCUT2D eigenvalue weighted by atomic mass is 16.6. The fourth-order valence-corrected chi connectivity index (χ4v) is 2.38. The number of piperidine rings is 1. The standard InChI is InChI=1S/C12H18N4O3/c1-12(19-2)6-3-7-15(8-12)11-9(16(17)18)4-5-10(13)14-11/h4-5H,3,6-8H2,1-2H3,(H2,13,14). The Morgan fingerprint density at radius 1 is 1.58 bits per heavy atom. The minimum atomic E-state index is -0.430. The second kappa shape index (κ2) is 5.00. The van der Waals surface area contributed by atoms with Crippen molar-refractivity contribution < 1.29 is 9.66 Å². The van der Waals surface area contributed by atoms with Gasteiger partial charge in [0, 0.05) is 26.3 Å². The molecule has 0 bridgehead atoms. The van der Waals surface area contributed by atoms with Gasteiger partial charge >= 0.3 is 5.69 Å². The van der Waals surface area contributed by atoms with E-state index < -0.39 is 4.92 Å². The van der Waals surface area contributed by atoms with E-state index in [1.807, 2.05) is 11.8 Å². The molecule has 104 valence electrons. The van der Waals surface area contributed by atoms with Gasteiger partial charge in [-0.3, -0.25) is 10.1 Å². The third-order valence-corrected chi connectivity index (χ3v) is 3.52. The Bertz CT molecular complexity index is 494.